The number of hydrogen-bond donors (Lipinski definition) is 2. The molecule has 2 aliphatic heterocycles. The van der Waals surface area contributed by atoms with Crippen molar-refractivity contribution >= 4 is 5.91 Å². The van der Waals surface area contributed by atoms with E-state index in [-0.39, 0.29) is 5.54 Å². The molecule has 2 saturated heterocycles. The third kappa shape index (κ3) is 3.63. The Labute approximate surface area is 126 Å². The second-order valence-electron chi connectivity index (χ2n) is 6.25. The lowest BCUT2D eigenvalue weighted by molar-refractivity contribution is -0.133. The topological polar surface area (TPSA) is 44.4 Å². The number of piperazine rings is 1. The minimum atomic E-state index is 0.231. The maximum absolute atomic E-state index is 12.3. The highest BCUT2D eigenvalue weighted by Crippen LogP contribution is 2.23. The molecule has 2 N–H and O–H groups in total. The molecule has 4 heteroatoms. The quantitative estimate of drug-likeness (QED) is 0.877. The fourth-order valence-electron chi connectivity index (χ4n) is 3.40. The molecule has 0 unspecified atom stereocenters. The van der Waals surface area contributed by atoms with Crippen LogP contribution in [0.4, 0.5) is 0 Å². The number of hydrogen-bond acceptors (Lipinski definition) is 3. The summed E-state index contributed by atoms with van der Waals surface area (Å²) in [6, 6.07) is 10.3. The van der Waals surface area contributed by atoms with Gasteiger partial charge in [-0.1, -0.05) is 30.3 Å². The van der Waals surface area contributed by atoms with Crippen LogP contribution in [0, 0.1) is 0 Å². The Balaban J connectivity index is 1.46. The first-order chi connectivity index (χ1) is 10.3. The summed E-state index contributed by atoms with van der Waals surface area (Å²) in [6.07, 6.45) is 3.61. The molecule has 2 heterocycles. The van der Waals surface area contributed by atoms with Gasteiger partial charge >= 0.3 is 0 Å². The van der Waals surface area contributed by atoms with Gasteiger partial charge in [-0.25, -0.2) is 0 Å². The average molecular weight is 287 g/mol. The zero-order valence-electron chi connectivity index (χ0n) is 12.6. The molecule has 21 heavy (non-hydrogen) atoms. The maximum atomic E-state index is 12.3. The first-order valence-corrected chi connectivity index (χ1v) is 8.05. The Morgan fingerprint density at radius 1 is 1.14 bits per heavy atom. The minimum Gasteiger partial charge on any atom is -0.343 e. The van der Waals surface area contributed by atoms with Gasteiger partial charge in [0.15, 0.2) is 0 Å². The summed E-state index contributed by atoms with van der Waals surface area (Å²) >= 11 is 0. The van der Waals surface area contributed by atoms with Crippen LogP contribution in [0.2, 0.25) is 0 Å². The zero-order valence-corrected chi connectivity index (χ0v) is 12.6. The number of aryl methyl sites for hydroxylation is 1. The van der Waals surface area contributed by atoms with Crippen molar-refractivity contribution in [1.29, 1.82) is 0 Å². The van der Waals surface area contributed by atoms with Crippen molar-refractivity contribution in [2.75, 3.05) is 32.7 Å². The van der Waals surface area contributed by atoms with Crippen LogP contribution in [0.25, 0.3) is 0 Å². The maximum Gasteiger partial charge on any atom is 0.222 e. The number of nitrogens with one attached hydrogen (secondary N) is 2. The highest BCUT2D eigenvalue weighted by molar-refractivity contribution is 5.76. The summed E-state index contributed by atoms with van der Waals surface area (Å²) < 4.78 is 0. The largest absolute Gasteiger partial charge is 0.343 e. The number of benzene rings is 1. The molecule has 114 valence electrons. The smallest absolute Gasteiger partial charge is 0.222 e. The molecule has 1 aromatic carbocycles. The molecule has 1 amide bonds. The third-order valence-corrected chi connectivity index (χ3v) is 4.81. The second kappa shape index (κ2) is 6.58. The van der Waals surface area contributed by atoms with E-state index in [0.717, 1.165) is 52.0 Å². The number of amides is 1. The third-order valence-electron chi connectivity index (χ3n) is 4.81. The zero-order chi connectivity index (χ0) is 14.5. The van der Waals surface area contributed by atoms with Crippen LogP contribution >= 0.6 is 0 Å². The van der Waals surface area contributed by atoms with E-state index < -0.39 is 0 Å². The second-order valence-corrected chi connectivity index (χ2v) is 6.25. The van der Waals surface area contributed by atoms with E-state index in [1.165, 1.54) is 5.56 Å². The van der Waals surface area contributed by atoms with Gasteiger partial charge in [-0.05, 0) is 24.8 Å². The van der Waals surface area contributed by atoms with E-state index in [1.807, 2.05) is 23.1 Å². The molecule has 1 spiro atoms. The van der Waals surface area contributed by atoms with Crippen LogP contribution in [0.1, 0.15) is 24.8 Å². The molecule has 4 nitrogen and oxygen atoms in total. The van der Waals surface area contributed by atoms with E-state index in [1.54, 1.807) is 0 Å². The molecule has 0 bridgehead atoms. The number of piperidine rings is 1. The molecule has 0 radical (unpaired) electrons. The van der Waals surface area contributed by atoms with Gasteiger partial charge in [-0.2, -0.15) is 0 Å². The first-order valence-electron chi connectivity index (χ1n) is 8.05. The molecule has 0 atom stereocenters. The Kier molecular flexibility index (Phi) is 4.56. The van der Waals surface area contributed by atoms with Crippen LogP contribution in [-0.4, -0.2) is 49.1 Å². The summed E-state index contributed by atoms with van der Waals surface area (Å²) in [7, 11) is 0. The number of rotatable bonds is 3. The van der Waals surface area contributed by atoms with Gasteiger partial charge < -0.3 is 15.5 Å². The van der Waals surface area contributed by atoms with Crippen molar-refractivity contribution in [2.24, 2.45) is 0 Å². The lowest BCUT2D eigenvalue weighted by Gasteiger charge is -2.45. The molecule has 1 aromatic rings. The molecular weight excluding hydrogens is 262 g/mol. The number of likely N-dealkylation sites (tertiary alicyclic amines) is 1. The molecule has 0 aliphatic carbocycles. The average Bonchev–Trinajstić information content (AvgIpc) is 2.55. The Morgan fingerprint density at radius 3 is 2.57 bits per heavy atom. The number of carbonyl (C=O) groups excluding carboxylic acids is 1. The highest BCUT2D eigenvalue weighted by atomic mass is 16.2. The summed E-state index contributed by atoms with van der Waals surface area (Å²) in [5.41, 5.74) is 1.48. The molecule has 3 rings (SSSR count). The number of carbonyl (C=O) groups is 1. The molecule has 0 saturated carbocycles. The fourth-order valence-corrected chi connectivity index (χ4v) is 3.40. The van der Waals surface area contributed by atoms with Gasteiger partial charge in [0.1, 0.15) is 0 Å². The van der Waals surface area contributed by atoms with E-state index in [9.17, 15) is 4.79 Å². The van der Waals surface area contributed by atoms with Crippen molar-refractivity contribution < 1.29 is 4.79 Å². The standard InChI is InChI=1S/C17H25N3O/c21-16(7-6-15-4-2-1-3-5-15)20-12-8-17(9-13-20)14-18-10-11-19-17/h1-5,18-19H,6-14H2. The Bertz CT molecular complexity index is 458. The molecular formula is C17H25N3O. The monoisotopic (exact) mass is 287 g/mol. The molecule has 2 aliphatic rings. The minimum absolute atomic E-state index is 0.231. The van der Waals surface area contributed by atoms with Gasteiger partial charge in [-0.15, -0.1) is 0 Å². The summed E-state index contributed by atoms with van der Waals surface area (Å²) in [5, 5.41) is 7.12. The predicted octanol–water partition coefficient (Wildman–Crippen LogP) is 1.17. The van der Waals surface area contributed by atoms with E-state index in [2.05, 4.69) is 22.8 Å². The predicted molar refractivity (Wildman–Crippen MR) is 84.2 cm³/mol. The Morgan fingerprint density at radius 2 is 1.90 bits per heavy atom. The summed E-state index contributed by atoms with van der Waals surface area (Å²) in [5.74, 6) is 0.303. The van der Waals surface area contributed by atoms with Crippen LogP contribution in [0.5, 0.6) is 0 Å². The van der Waals surface area contributed by atoms with Gasteiger partial charge in [0, 0.05) is 44.7 Å². The lowest BCUT2D eigenvalue weighted by atomic mass is 9.86. The molecule has 2 fully saturated rings. The van der Waals surface area contributed by atoms with Gasteiger partial charge in [0.25, 0.3) is 0 Å². The summed E-state index contributed by atoms with van der Waals surface area (Å²) in [6.45, 7) is 4.92. The lowest BCUT2D eigenvalue weighted by Crippen LogP contribution is -2.63. The van der Waals surface area contributed by atoms with Crippen LogP contribution in [0.15, 0.2) is 30.3 Å². The van der Waals surface area contributed by atoms with Crippen LogP contribution in [-0.2, 0) is 11.2 Å². The fraction of sp³-hybridized carbons (Fsp3) is 0.588. The SMILES string of the molecule is O=C(CCc1ccccc1)N1CCC2(CC1)CNCCN2. The summed E-state index contributed by atoms with van der Waals surface area (Å²) in [4.78, 5) is 14.4. The van der Waals surface area contributed by atoms with Crippen molar-refractivity contribution in [2.45, 2.75) is 31.2 Å². The highest BCUT2D eigenvalue weighted by Gasteiger charge is 2.36. The van der Waals surface area contributed by atoms with Crippen molar-refractivity contribution in [1.82, 2.24) is 15.5 Å². The van der Waals surface area contributed by atoms with E-state index in [4.69, 9.17) is 0 Å². The van der Waals surface area contributed by atoms with E-state index >= 15 is 0 Å². The van der Waals surface area contributed by atoms with Crippen LogP contribution < -0.4 is 10.6 Å². The van der Waals surface area contributed by atoms with E-state index in [0.29, 0.717) is 12.3 Å². The van der Waals surface area contributed by atoms with Crippen LogP contribution in [0.3, 0.4) is 0 Å². The Hall–Kier alpha value is -1.39. The van der Waals surface area contributed by atoms with Crippen molar-refractivity contribution in [3.8, 4) is 0 Å². The normalized spacial score (nSPS) is 21.4. The van der Waals surface area contributed by atoms with Crippen molar-refractivity contribution in [3.05, 3.63) is 35.9 Å². The van der Waals surface area contributed by atoms with Gasteiger partial charge in [-0.3, -0.25) is 4.79 Å². The number of nitrogens with zero attached hydrogens (tertiary/aromatic N) is 1. The first kappa shape index (κ1) is 14.5. The molecule has 0 aromatic heterocycles. The van der Waals surface area contributed by atoms with Gasteiger partial charge in [0.05, 0.1) is 0 Å². The van der Waals surface area contributed by atoms with Gasteiger partial charge in [0.2, 0.25) is 5.91 Å². The van der Waals surface area contributed by atoms with Crippen molar-refractivity contribution in [3.63, 3.8) is 0 Å².